The van der Waals surface area contributed by atoms with Crippen LogP contribution in [0.3, 0.4) is 0 Å². The maximum atomic E-state index is 11.6. The van der Waals surface area contributed by atoms with Gasteiger partial charge in [-0.15, -0.1) is 0 Å². The maximum Gasteiger partial charge on any atom is 0.349 e. The average molecular weight is 227 g/mol. The van der Waals surface area contributed by atoms with Gasteiger partial charge in [0.1, 0.15) is 5.28 Å². The second-order valence-corrected chi connectivity index (χ2v) is 5.65. The lowest BCUT2D eigenvalue weighted by Crippen LogP contribution is -2.36. The maximum absolute atomic E-state index is 11.6. The molecule has 1 aliphatic rings. The smallest absolute Gasteiger partial charge is 0.323 e. The Labute approximate surface area is 88.5 Å². The summed E-state index contributed by atoms with van der Waals surface area (Å²) in [6, 6.07) is 8.96. The molecule has 1 saturated heterocycles. The van der Waals surface area contributed by atoms with Gasteiger partial charge in [0, 0.05) is 0 Å². The van der Waals surface area contributed by atoms with E-state index in [1.165, 1.54) is 0 Å². The SMILES string of the molecule is O=P(O)(O)C1(c2ccccc2)CCCN1. The van der Waals surface area contributed by atoms with E-state index in [2.05, 4.69) is 5.32 Å². The quantitative estimate of drug-likeness (QED) is 0.668. The third kappa shape index (κ3) is 1.74. The van der Waals surface area contributed by atoms with Crippen LogP contribution in [0.15, 0.2) is 30.3 Å². The minimum Gasteiger partial charge on any atom is -0.323 e. The minimum atomic E-state index is -4.18. The van der Waals surface area contributed by atoms with Crippen molar-refractivity contribution < 1.29 is 14.4 Å². The van der Waals surface area contributed by atoms with Crippen LogP contribution in [0.1, 0.15) is 18.4 Å². The van der Waals surface area contributed by atoms with Crippen molar-refractivity contribution in [2.24, 2.45) is 0 Å². The zero-order chi connectivity index (χ0) is 10.9. The van der Waals surface area contributed by atoms with Crippen LogP contribution in [0.4, 0.5) is 0 Å². The molecule has 1 fully saturated rings. The first-order valence-corrected chi connectivity index (χ1v) is 6.54. The Bertz CT molecular complexity index is 381. The molecule has 1 heterocycles. The summed E-state index contributed by atoms with van der Waals surface area (Å²) in [7, 11) is -4.18. The number of hydrogen-bond donors (Lipinski definition) is 3. The molecule has 1 aromatic rings. The first kappa shape index (κ1) is 10.8. The fourth-order valence-electron chi connectivity index (χ4n) is 2.10. The van der Waals surface area contributed by atoms with E-state index in [0.29, 0.717) is 18.5 Å². The molecular formula is C10H14NO3P. The second-order valence-electron chi connectivity index (χ2n) is 3.80. The third-order valence-corrected chi connectivity index (χ3v) is 4.52. The molecule has 5 heteroatoms. The first-order valence-electron chi connectivity index (χ1n) is 4.92. The molecule has 0 radical (unpaired) electrons. The average Bonchev–Trinajstić information content (AvgIpc) is 2.68. The molecule has 2 rings (SSSR count). The van der Waals surface area contributed by atoms with Crippen LogP contribution >= 0.6 is 7.60 Å². The van der Waals surface area contributed by atoms with E-state index in [-0.39, 0.29) is 0 Å². The van der Waals surface area contributed by atoms with Crippen molar-refractivity contribution in [1.82, 2.24) is 5.32 Å². The molecule has 15 heavy (non-hydrogen) atoms. The zero-order valence-corrected chi connectivity index (χ0v) is 9.15. The highest BCUT2D eigenvalue weighted by Crippen LogP contribution is 2.59. The lowest BCUT2D eigenvalue weighted by atomic mass is 10.0. The molecule has 0 spiro atoms. The molecule has 1 aliphatic heterocycles. The molecular weight excluding hydrogens is 213 g/mol. The van der Waals surface area contributed by atoms with Crippen molar-refractivity contribution in [3.05, 3.63) is 35.9 Å². The van der Waals surface area contributed by atoms with Crippen molar-refractivity contribution in [3.63, 3.8) is 0 Å². The Kier molecular flexibility index (Phi) is 2.69. The fraction of sp³-hybridized carbons (Fsp3) is 0.400. The molecule has 0 saturated carbocycles. The standard InChI is InChI=1S/C10H14NO3P/c12-15(13,14)10(7-4-8-11-10)9-5-2-1-3-6-9/h1-3,5-6,11H,4,7-8H2,(H2,12,13,14). The van der Waals surface area contributed by atoms with Gasteiger partial charge in [-0.05, 0) is 24.9 Å². The summed E-state index contributed by atoms with van der Waals surface area (Å²) in [5.41, 5.74) is 0.677. The van der Waals surface area contributed by atoms with Crippen LogP contribution in [0.25, 0.3) is 0 Å². The van der Waals surface area contributed by atoms with Crippen molar-refractivity contribution in [2.75, 3.05) is 6.54 Å². The summed E-state index contributed by atoms with van der Waals surface area (Å²) >= 11 is 0. The molecule has 3 N–H and O–H groups in total. The van der Waals surface area contributed by atoms with Gasteiger partial charge in [0.2, 0.25) is 0 Å². The molecule has 82 valence electrons. The molecule has 1 unspecified atom stereocenters. The van der Waals surface area contributed by atoms with Gasteiger partial charge in [0.15, 0.2) is 0 Å². The minimum absolute atomic E-state index is 0.487. The van der Waals surface area contributed by atoms with Gasteiger partial charge in [-0.2, -0.15) is 0 Å². The van der Waals surface area contributed by atoms with Crippen molar-refractivity contribution >= 4 is 7.60 Å². The Morgan fingerprint density at radius 1 is 1.27 bits per heavy atom. The van der Waals surface area contributed by atoms with Gasteiger partial charge in [0.25, 0.3) is 0 Å². The highest BCUT2D eigenvalue weighted by Gasteiger charge is 2.49. The van der Waals surface area contributed by atoms with Gasteiger partial charge < -0.3 is 9.79 Å². The Morgan fingerprint density at radius 2 is 1.93 bits per heavy atom. The highest BCUT2D eigenvalue weighted by molar-refractivity contribution is 7.53. The van der Waals surface area contributed by atoms with E-state index in [1.54, 1.807) is 24.3 Å². The number of rotatable bonds is 2. The van der Waals surface area contributed by atoms with Gasteiger partial charge in [-0.1, -0.05) is 30.3 Å². The van der Waals surface area contributed by atoms with Gasteiger partial charge in [0.05, 0.1) is 0 Å². The zero-order valence-electron chi connectivity index (χ0n) is 8.26. The topological polar surface area (TPSA) is 69.6 Å². The van der Waals surface area contributed by atoms with E-state index in [4.69, 9.17) is 0 Å². The lowest BCUT2D eigenvalue weighted by Gasteiger charge is -2.30. The normalized spacial score (nSPS) is 26.8. The molecule has 0 aromatic heterocycles. The summed E-state index contributed by atoms with van der Waals surface area (Å²) in [6.07, 6.45) is 1.28. The van der Waals surface area contributed by atoms with Crippen molar-refractivity contribution in [3.8, 4) is 0 Å². The second kappa shape index (κ2) is 3.72. The summed E-state index contributed by atoms with van der Waals surface area (Å²) in [4.78, 5) is 18.9. The van der Waals surface area contributed by atoms with Gasteiger partial charge in [-0.3, -0.25) is 9.88 Å². The lowest BCUT2D eigenvalue weighted by molar-refractivity contribution is 0.313. The number of hydrogen-bond acceptors (Lipinski definition) is 2. The fourth-order valence-corrected chi connectivity index (χ4v) is 3.36. The van der Waals surface area contributed by atoms with Crippen LogP contribution in [0.5, 0.6) is 0 Å². The van der Waals surface area contributed by atoms with E-state index in [1.807, 2.05) is 6.07 Å². The summed E-state index contributed by atoms with van der Waals surface area (Å²) < 4.78 is 11.6. The predicted octanol–water partition coefficient (Wildman–Crippen LogP) is 1.40. The van der Waals surface area contributed by atoms with Crippen molar-refractivity contribution in [2.45, 2.75) is 18.1 Å². The largest absolute Gasteiger partial charge is 0.349 e. The van der Waals surface area contributed by atoms with Crippen LogP contribution < -0.4 is 5.32 Å². The summed E-state index contributed by atoms with van der Waals surface area (Å²) in [6.45, 7) is 0.653. The molecule has 0 bridgehead atoms. The monoisotopic (exact) mass is 227 g/mol. The number of benzene rings is 1. The van der Waals surface area contributed by atoms with Crippen LogP contribution in [0.2, 0.25) is 0 Å². The Morgan fingerprint density at radius 3 is 2.40 bits per heavy atom. The molecule has 0 aliphatic carbocycles. The Balaban J connectivity index is 2.49. The summed E-state index contributed by atoms with van der Waals surface area (Å²) in [5.74, 6) is 0. The van der Waals surface area contributed by atoms with E-state index in [0.717, 1.165) is 6.42 Å². The molecule has 0 amide bonds. The van der Waals surface area contributed by atoms with Crippen molar-refractivity contribution in [1.29, 1.82) is 0 Å². The molecule has 4 nitrogen and oxygen atoms in total. The number of nitrogens with one attached hydrogen (secondary N) is 1. The highest BCUT2D eigenvalue weighted by atomic mass is 31.2. The predicted molar refractivity (Wildman–Crippen MR) is 57.4 cm³/mol. The van der Waals surface area contributed by atoms with Crippen LogP contribution in [-0.4, -0.2) is 16.3 Å². The van der Waals surface area contributed by atoms with Crippen LogP contribution in [-0.2, 0) is 9.85 Å². The van der Waals surface area contributed by atoms with E-state index < -0.39 is 12.9 Å². The Hall–Kier alpha value is -0.670. The van der Waals surface area contributed by atoms with E-state index in [9.17, 15) is 14.4 Å². The first-order chi connectivity index (χ1) is 7.06. The van der Waals surface area contributed by atoms with Gasteiger partial charge >= 0.3 is 7.60 Å². The van der Waals surface area contributed by atoms with Gasteiger partial charge in [-0.25, -0.2) is 0 Å². The van der Waals surface area contributed by atoms with Crippen LogP contribution in [0, 0.1) is 0 Å². The third-order valence-electron chi connectivity index (χ3n) is 2.88. The van der Waals surface area contributed by atoms with E-state index >= 15 is 0 Å². The summed E-state index contributed by atoms with van der Waals surface area (Å²) in [5, 5.41) is 1.80. The molecule has 1 aromatic carbocycles. The molecule has 1 atom stereocenters.